The Labute approximate surface area is 174 Å². The van der Waals surface area contributed by atoms with Crippen molar-refractivity contribution in [1.82, 2.24) is 0 Å². The van der Waals surface area contributed by atoms with Crippen molar-refractivity contribution in [2.75, 3.05) is 0 Å². The molecule has 0 radical (unpaired) electrons. The molecule has 5 nitrogen and oxygen atoms in total. The molecule has 0 heterocycles. The van der Waals surface area contributed by atoms with Crippen LogP contribution in [0.25, 0.3) is 0 Å². The van der Waals surface area contributed by atoms with E-state index in [9.17, 15) is 19.8 Å². The Kier molecular flexibility index (Phi) is 5.39. The van der Waals surface area contributed by atoms with Crippen molar-refractivity contribution >= 4 is 11.8 Å². The predicted molar refractivity (Wildman–Crippen MR) is 109 cm³/mol. The summed E-state index contributed by atoms with van der Waals surface area (Å²) in [7, 11) is 0. The number of aliphatic hydroxyl groups is 2. The van der Waals surface area contributed by atoms with Crippen molar-refractivity contribution in [3.05, 3.63) is 0 Å². The standard InChI is InChI=1S/C24H38O5/c1-13(4-7-21(28)29)16-5-6-17-22-18(12-20(27)24(16,17)3)23(2)9-8-15(25)10-14(23)11-19(22)26/h13-19,22,25-26H,4-12H2,1-3H3,(H,28,29)/t13-,14+,15+,16-,17+,18+,19+,22+,23+,24-/m1/s1. The Morgan fingerprint density at radius 1 is 1.14 bits per heavy atom. The van der Waals surface area contributed by atoms with Crippen molar-refractivity contribution in [3.63, 3.8) is 0 Å². The molecule has 29 heavy (non-hydrogen) atoms. The van der Waals surface area contributed by atoms with Crippen LogP contribution in [0.3, 0.4) is 0 Å². The molecule has 4 saturated carbocycles. The van der Waals surface area contributed by atoms with Gasteiger partial charge in [-0.25, -0.2) is 0 Å². The van der Waals surface area contributed by atoms with E-state index in [1.165, 1.54) is 0 Å². The third-order valence-electron chi connectivity index (χ3n) is 10.1. The number of fused-ring (bicyclic) bond motifs is 5. The molecule has 0 aromatic rings. The van der Waals surface area contributed by atoms with Gasteiger partial charge in [0.1, 0.15) is 5.78 Å². The van der Waals surface area contributed by atoms with Crippen LogP contribution >= 0.6 is 0 Å². The van der Waals surface area contributed by atoms with E-state index in [1.54, 1.807) is 0 Å². The van der Waals surface area contributed by atoms with E-state index in [4.69, 9.17) is 5.11 Å². The smallest absolute Gasteiger partial charge is 0.303 e. The molecular formula is C24H38O5. The number of carboxylic acids is 1. The first-order valence-corrected chi connectivity index (χ1v) is 11.7. The Hall–Kier alpha value is -0.940. The van der Waals surface area contributed by atoms with Crippen molar-refractivity contribution in [3.8, 4) is 0 Å². The molecular weight excluding hydrogens is 368 g/mol. The van der Waals surface area contributed by atoms with Gasteiger partial charge in [-0.05, 0) is 85.9 Å². The van der Waals surface area contributed by atoms with Gasteiger partial charge in [-0.2, -0.15) is 0 Å². The highest BCUT2D eigenvalue weighted by molar-refractivity contribution is 5.87. The van der Waals surface area contributed by atoms with Crippen LogP contribution in [-0.2, 0) is 9.59 Å². The third-order valence-corrected chi connectivity index (χ3v) is 10.1. The minimum atomic E-state index is -0.771. The predicted octanol–water partition coefficient (Wildman–Crippen LogP) is 3.66. The molecule has 4 rings (SSSR count). The fourth-order valence-electron chi connectivity index (χ4n) is 8.41. The second-order valence-electron chi connectivity index (χ2n) is 11.2. The number of hydrogen-bond acceptors (Lipinski definition) is 4. The Balaban J connectivity index is 1.62. The number of Topliss-reactive ketones (excluding diaryl/α,β-unsaturated/α-hetero) is 1. The molecule has 0 aromatic carbocycles. The Bertz CT molecular complexity index is 676. The van der Waals surface area contributed by atoms with E-state index in [2.05, 4.69) is 20.8 Å². The number of rotatable bonds is 4. The van der Waals surface area contributed by atoms with Gasteiger partial charge in [-0.15, -0.1) is 0 Å². The molecule has 4 aliphatic carbocycles. The largest absolute Gasteiger partial charge is 0.481 e. The number of aliphatic carboxylic acids is 1. The van der Waals surface area contributed by atoms with Crippen LogP contribution in [0, 0.1) is 46.3 Å². The SMILES string of the molecule is C[C@H](CCC(=O)O)[C@H]1CC[C@H]2[C@@H]3[C@@H](O)C[C@@H]4C[C@@H](O)CC[C@]4(C)[C@H]3CC(=O)[C@]12C. The van der Waals surface area contributed by atoms with Gasteiger partial charge in [0.05, 0.1) is 12.2 Å². The maximum absolute atomic E-state index is 13.6. The fourth-order valence-corrected chi connectivity index (χ4v) is 8.41. The Morgan fingerprint density at radius 2 is 1.86 bits per heavy atom. The number of carbonyl (C=O) groups excluding carboxylic acids is 1. The molecule has 0 bridgehead atoms. The molecule has 4 aliphatic rings. The summed E-state index contributed by atoms with van der Waals surface area (Å²) in [5.41, 5.74) is -0.398. The molecule has 164 valence electrons. The topological polar surface area (TPSA) is 94.8 Å². The average Bonchev–Trinajstić information content (AvgIpc) is 3.01. The summed E-state index contributed by atoms with van der Waals surface area (Å²) < 4.78 is 0. The van der Waals surface area contributed by atoms with Crippen molar-refractivity contribution in [1.29, 1.82) is 0 Å². The molecule has 0 spiro atoms. The lowest BCUT2D eigenvalue weighted by Crippen LogP contribution is -2.61. The van der Waals surface area contributed by atoms with Crippen LogP contribution < -0.4 is 0 Å². The molecule has 5 heteroatoms. The van der Waals surface area contributed by atoms with Crippen LogP contribution in [0.1, 0.15) is 78.6 Å². The van der Waals surface area contributed by atoms with Gasteiger partial charge in [0.2, 0.25) is 0 Å². The van der Waals surface area contributed by atoms with E-state index in [0.29, 0.717) is 24.5 Å². The summed E-state index contributed by atoms with van der Waals surface area (Å²) in [6.45, 7) is 6.54. The monoisotopic (exact) mass is 406 g/mol. The fraction of sp³-hybridized carbons (Fsp3) is 0.917. The number of carboxylic acid groups (broad SMARTS) is 1. The normalized spacial score (nSPS) is 50.4. The van der Waals surface area contributed by atoms with E-state index in [-0.39, 0.29) is 47.5 Å². The third kappa shape index (κ3) is 3.18. The quantitative estimate of drug-likeness (QED) is 0.662. The van der Waals surface area contributed by atoms with Gasteiger partial charge in [0.25, 0.3) is 0 Å². The summed E-state index contributed by atoms with van der Waals surface area (Å²) in [6.07, 6.45) is 5.82. The zero-order valence-electron chi connectivity index (χ0n) is 18.1. The highest BCUT2D eigenvalue weighted by Crippen LogP contribution is 2.67. The summed E-state index contributed by atoms with van der Waals surface area (Å²) in [6, 6.07) is 0. The lowest BCUT2D eigenvalue weighted by Gasteiger charge is -2.61. The van der Waals surface area contributed by atoms with Crippen LogP contribution in [0.5, 0.6) is 0 Å². The summed E-state index contributed by atoms with van der Waals surface area (Å²) in [4.78, 5) is 24.7. The summed E-state index contributed by atoms with van der Waals surface area (Å²) >= 11 is 0. The first-order chi connectivity index (χ1) is 13.6. The van der Waals surface area contributed by atoms with Crippen LogP contribution in [0.15, 0.2) is 0 Å². The average molecular weight is 407 g/mol. The molecule has 0 aliphatic heterocycles. The van der Waals surface area contributed by atoms with Gasteiger partial charge in [0, 0.05) is 18.3 Å². The van der Waals surface area contributed by atoms with E-state index >= 15 is 0 Å². The first-order valence-electron chi connectivity index (χ1n) is 11.7. The molecule has 0 saturated heterocycles. The van der Waals surface area contributed by atoms with Gasteiger partial charge in [0.15, 0.2) is 0 Å². The maximum Gasteiger partial charge on any atom is 0.303 e. The lowest BCUT2D eigenvalue weighted by molar-refractivity contribution is -0.181. The number of carbonyl (C=O) groups is 2. The Morgan fingerprint density at radius 3 is 2.55 bits per heavy atom. The van der Waals surface area contributed by atoms with Crippen LogP contribution in [-0.4, -0.2) is 39.3 Å². The zero-order valence-corrected chi connectivity index (χ0v) is 18.1. The highest BCUT2D eigenvalue weighted by atomic mass is 16.4. The summed E-state index contributed by atoms with van der Waals surface area (Å²) in [5, 5.41) is 30.5. The highest BCUT2D eigenvalue weighted by Gasteiger charge is 2.65. The summed E-state index contributed by atoms with van der Waals surface area (Å²) in [5.74, 6) is 0.855. The minimum absolute atomic E-state index is 0.0348. The molecule has 4 fully saturated rings. The molecule has 10 atom stereocenters. The first kappa shape index (κ1) is 21.3. The van der Waals surface area contributed by atoms with Crippen molar-refractivity contribution in [2.24, 2.45) is 46.3 Å². The van der Waals surface area contributed by atoms with Crippen molar-refractivity contribution in [2.45, 2.75) is 90.8 Å². The van der Waals surface area contributed by atoms with E-state index < -0.39 is 17.5 Å². The second-order valence-corrected chi connectivity index (χ2v) is 11.2. The van der Waals surface area contributed by atoms with Crippen molar-refractivity contribution < 1.29 is 24.9 Å². The van der Waals surface area contributed by atoms with Crippen LogP contribution in [0.2, 0.25) is 0 Å². The molecule has 0 amide bonds. The maximum atomic E-state index is 13.6. The van der Waals surface area contributed by atoms with E-state index in [1.807, 2.05) is 0 Å². The van der Waals surface area contributed by atoms with E-state index in [0.717, 1.165) is 38.5 Å². The zero-order chi connectivity index (χ0) is 21.1. The minimum Gasteiger partial charge on any atom is -0.481 e. The number of ketones is 1. The van der Waals surface area contributed by atoms with Gasteiger partial charge >= 0.3 is 5.97 Å². The lowest BCUT2D eigenvalue weighted by atomic mass is 9.43. The van der Waals surface area contributed by atoms with Gasteiger partial charge in [-0.3, -0.25) is 9.59 Å². The number of aliphatic hydroxyl groups excluding tert-OH is 2. The molecule has 3 N–H and O–H groups in total. The van der Waals surface area contributed by atoms with Gasteiger partial charge in [-0.1, -0.05) is 20.8 Å². The molecule has 0 aromatic heterocycles. The number of hydrogen-bond donors (Lipinski definition) is 3. The second kappa shape index (κ2) is 7.33. The van der Waals surface area contributed by atoms with Gasteiger partial charge < -0.3 is 15.3 Å². The molecule has 0 unspecified atom stereocenters. The van der Waals surface area contributed by atoms with Crippen LogP contribution in [0.4, 0.5) is 0 Å².